The van der Waals surface area contributed by atoms with Crippen molar-refractivity contribution in [3.05, 3.63) is 0 Å². The summed E-state index contributed by atoms with van der Waals surface area (Å²) in [4.78, 5) is 0. The molecule has 0 rings (SSSR count). The zero-order valence-electron chi connectivity index (χ0n) is 5.12. The molecule has 0 aromatic rings. The first-order valence-corrected chi connectivity index (χ1v) is 0.447. The Kier molecular flexibility index (Phi) is 3900. The third-order valence-electron chi connectivity index (χ3n) is 0. The third kappa shape index (κ3) is 213. The SMILES string of the molecule is CO.Cl.Cl.Cl.Cl.Cl.Cl.Cl.Cl.Cl. The highest BCUT2D eigenvalue weighted by atomic mass is 35.5. The first-order chi connectivity index (χ1) is 1.00. The van der Waals surface area contributed by atoms with Gasteiger partial charge in [-0.2, -0.15) is 0 Å². The van der Waals surface area contributed by atoms with Gasteiger partial charge in [0.15, 0.2) is 0 Å². The predicted molar refractivity (Wildman–Crippen MR) is 73.4 cm³/mol. The second kappa shape index (κ2) is 255. The summed E-state index contributed by atoms with van der Waals surface area (Å²) in [7, 11) is 1.00. The molecule has 0 aromatic heterocycles. The van der Waals surface area contributed by atoms with Gasteiger partial charge in [0.05, 0.1) is 0 Å². The fraction of sp³-hybridized carbons (Fsp3) is 1.00. The van der Waals surface area contributed by atoms with Crippen molar-refractivity contribution in [2.45, 2.75) is 0 Å². The summed E-state index contributed by atoms with van der Waals surface area (Å²) in [6.07, 6.45) is 0. The summed E-state index contributed by atoms with van der Waals surface area (Å²) in [6.45, 7) is 0. The Balaban J connectivity index is -0.000000000139. The highest BCUT2D eigenvalue weighted by Crippen LogP contribution is 0.755. The lowest BCUT2D eigenvalue weighted by Crippen LogP contribution is -1.25. The van der Waals surface area contributed by atoms with E-state index in [9.17, 15) is 0 Å². The van der Waals surface area contributed by atoms with Gasteiger partial charge in [-0.15, -0.1) is 112 Å². The van der Waals surface area contributed by atoms with Crippen LogP contribution in [0.1, 0.15) is 0 Å². The van der Waals surface area contributed by atoms with E-state index in [1.165, 1.54) is 0 Å². The van der Waals surface area contributed by atoms with Crippen LogP contribution >= 0.6 is 112 Å². The van der Waals surface area contributed by atoms with Crippen molar-refractivity contribution in [2.24, 2.45) is 0 Å². The van der Waals surface area contributed by atoms with Gasteiger partial charge in [0.25, 0.3) is 0 Å². The molecule has 0 saturated carbocycles. The van der Waals surface area contributed by atoms with Crippen LogP contribution in [0.15, 0.2) is 0 Å². The summed E-state index contributed by atoms with van der Waals surface area (Å²) >= 11 is 0. The Morgan fingerprint density at radius 1 is 0.364 bits per heavy atom. The summed E-state index contributed by atoms with van der Waals surface area (Å²) in [5.41, 5.74) is 0. The molecule has 0 aromatic carbocycles. The van der Waals surface area contributed by atoms with Crippen molar-refractivity contribution >= 4 is 112 Å². The molecule has 0 amide bonds. The zero-order valence-corrected chi connectivity index (χ0v) is 12.5. The van der Waals surface area contributed by atoms with Crippen LogP contribution in [0.3, 0.4) is 0 Å². The van der Waals surface area contributed by atoms with Gasteiger partial charge in [-0.3, -0.25) is 0 Å². The molecule has 0 heterocycles. The standard InChI is InChI=1S/CH4O.9ClH/c1-2;;;;;;;;;/h2H,1H3;9*1H. The van der Waals surface area contributed by atoms with Crippen molar-refractivity contribution < 1.29 is 5.11 Å². The minimum absolute atomic E-state index is 0. The van der Waals surface area contributed by atoms with E-state index >= 15 is 0 Å². The van der Waals surface area contributed by atoms with E-state index in [1.807, 2.05) is 0 Å². The molecule has 10 heteroatoms. The molecule has 0 fully saturated rings. The smallest absolute Gasteiger partial charge is 0.0319 e. The van der Waals surface area contributed by atoms with Crippen LogP contribution in [0.4, 0.5) is 0 Å². The average molecular weight is 360 g/mol. The van der Waals surface area contributed by atoms with Crippen LogP contribution in [-0.4, -0.2) is 12.2 Å². The normalized spacial score (nSPS) is 0.545. The summed E-state index contributed by atoms with van der Waals surface area (Å²) in [6, 6.07) is 0. The number of hydrogen-bond donors (Lipinski definition) is 1. The Labute approximate surface area is 123 Å². The average Bonchev–Trinajstić information content (AvgIpc) is 1.00. The summed E-state index contributed by atoms with van der Waals surface area (Å²) in [5, 5.41) is 7.00. The van der Waals surface area contributed by atoms with Crippen LogP contribution in [0.2, 0.25) is 0 Å². The first-order valence-electron chi connectivity index (χ1n) is 0.447. The van der Waals surface area contributed by atoms with E-state index in [4.69, 9.17) is 5.11 Å². The number of aliphatic hydroxyl groups is 1. The predicted octanol–water partition coefficient (Wildman–Crippen LogP) is 3.40. The molecule has 1 nitrogen and oxygen atoms in total. The number of hydrogen-bond acceptors (Lipinski definition) is 1. The third-order valence-corrected chi connectivity index (χ3v) is 0. The number of halogens is 9. The fourth-order valence-electron chi connectivity index (χ4n) is 0. The molecule has 86 valence electrons. The van der Waals surface area contributed by atoms with Crippen LogP contribution in [0.5, 0.6) is 0 Å². The Bertz CT molecular complexity index is 9.52. The maximum absolute atomic E-state index is 7.00. The van der Waals surface area contributed by atoms with E-state index in [1.54, 1.807) is 0 Å². The minimum Gasteiger partial charge on any atom is -0.400 e. The second-order valence-electron chi connectivity index (χ2n) is 0. The van der Waals surface area contributed by atoms with E-state index in [0.717, 1.165) is 7.11 Å². The molecule has 0 aliphatic carbocycles. The van der Waals surface area contributed by atoms with E-state index in [2.05, 4.69) is 0 Å². The lowest BCUT2D eigenvalue weighted by atomic mass is 11.8. The van der Waals surface area contributed by atoms with Gasteiger partial charge in [-0.05, 0) is 0 Å². The molecular formula is CH13Cl9O. The molecule has 0 aliphatic heterocycles. The molecule has 0 atom stereocenters. The molecule has 0 aliphatic rings. The topological polar surface area (TPSA) is 20.2 Å². The number of rotatable bonds is 0. The first kappa shape index (κ1) is 168. The lowest BCUT2D eigenvalue weighted by Gasteiger charge is -1.21. The molecule has 1 N–H and O–H groups in total. The quantitative estimate of drug-likeness (QED) is 0.702. The van der Waals surface area contributed by atoms with Crippen molar-refractivity contribution in [1.82, 2.24) is 0 Å². The van der Waals surface area contributed by atoms with Gasteiger partial charge in [-0.25, -0.2) is 0 Å². The summed E-state index contributed by atoms with van der Waals surface area (Å²) in [5.74, 6) is 0. The van der Waals surface area contributed by atoms with Crippen LogP contribution in [-0.2, 0) is 0 Å². The highest BCUT2D eigenvalue weighted by Gasteiger charge is 0.839. The minimum atomic E-state index is 0. The largest absolute Gasteiger partial charge is 0.400 e. The van der Waals surface area contributed by atoms with Crippen LogP contribution in [0, 0.1) is 0 Å². The van der Waals surface area contributed by atoms with Gasteiger partial charge in [0.1, 0.15) is 0 Å². The molecule has 0 unspecified atom stereocenters. The Morgan fingerprint density at radius 3 is 0.364 bits per heavy atom. The van der Waals surface area contributed by atoms with Crippen molar-refractivity contribution in [3.63, 3.8) is 0 Å². The van der Waals surface area contributed by atoms with Gasteiger partial charge < -0.3 is 5.11 Å². The van der Waals surface area contributed by atoms with E-state index < -0.39 is 0 Å². The van der Waals surface area contributed by atoms with Crippen LogP contribution in [0.25, 0.3) is 0 Å². The second-order valence-corrected chi connectivity index (χ2v) is 0. The molecule has 0 saturated heterocycles. The molecule has 0 radical (unpaired) electrons. The summed E-state index contributed by atoms with van der Waals surface area (Å²) < 4.78 is 0. The van der Waals surface area contributed by atoms with E-state index in [-0.39, 0.29) is 112 Å². The van der Waals surface area contributed by atoms with Crippen molar-refractivity contribution in [3.8, 4) is 0 Å². The van der Waals surface area contributed by atoms with Gasteiger partial charge >= 0.3 is 0 Å². The molecular weight excluding hydrogens is 347 g/mol. The lowest BCUT2D eigenvalue weighted by molar-refractivity contribution is 0.399. The molecule has 11 heavy (non-hydrogen) atoms. The molecule has 0 spiro atoms. The number of aliphatic hydroxyl groups excluding tert-OH is 1. The monoisotopic (exact) mass is 356 g/mol. The Morgan fingerprint density at radius 2 is 0.364 bits per heavy atom. The zero-order chi connectivity index (χ0) is 2.00. The van der Waals surface area contributed by atoms with Gasteiger partial charge in [0, 0.05) is 7.11 Å². The van der Waals surface area contributed by atoms with Gasteiger partial charge in [0.2, 0.25) is 0 Å². The maximum Gasteiger partial charge on any atom is 0.0319 e. The van der Waals surface area contributed by atoms with Crippen molar-refractivity contribution in [1.29, 1.82) is 0 Å². The van der Waals surface area contributed by atoms with Gasteiger partial charge in [-0.1, -0.05) is 0 Å². The fourth-order valence-corrected chi connectivity index (χ4v) is 0. The molecule has 0 bridgehead atoms. The maximum atomic E-state index is 7.00. The highest BCUT2D eigenvalue weighted by molar-refractivity contribution is 5.86. The Hall–Kier alpha value is 2.57. The van der Waals surface area contributed by atoms with E-state index in [0.29, 0.717) is 0 Å². The van der Waals surface area contributed by atoms with Crippen LogP contribution < -0.4 is 0 Å². The van der Waals surface area contributed by atoms with Crippen molar-refractivity contribution in [2.75, 3.05) is 7.11 Å².